The highest BCUT2D eigenvalue weighted by Crippen LogP contribution is 2.15. The first-order chi connectivity index (χ1) is 19.7. The SMILES string of the molecule is CC=O.CNC(O)COCCOCCOCCOC/C(N)=C/NCCC(C)(C)OCC(C)(C)N.COC(CO)C(C)O. The molecule has 0 rings (SSSR count). The minimum absolute atomic E-state index is 0.131. The number of hydrogen-bond acceptors (Lipinski definition) is 14. The van der Waals surface area contributed by atoms with E-state index in [1.165, 1.54) is 14.0 Å². The van der Waals surface area contributed by atoms with Crippen molar-refractivity contribution in [2.24, 2.45) is 11.5 Å². The van der Waals surface area contributed by atoms with E-state index in [1.54, 1.807) is 20.2 Å². The van der Waals surface area contributed by atoms with Crippen LogP contribution in [-0.2, 0) is 33.2 Å². The van der Waals surface area contributed by atoms with Crippen LogP contribution in [0.5, 0.6) is 0 Å². The maximum Gasteiger partial charge on any atom is 0.128 e. The Bertz CT molecular complexity index is 616. The van der Waals surface area contributed by atoms with Gasteiger partial charge in [-0.15, -0.1) is 0 Å². The number of carbonyl (C=O) groups excluding carboxylic acids is 1. The Kier molecular flexibility index (Phi) is 31.8. The summed E-state index contributed by atoms with van der Waals surface area (Å²) in [5, 5.41) is 32.2. The summed E-state index contributed by atoms with van der Waals surface area (Å²) in [6.07, 6.45) is 1.66. The predicted octanol–water partition coefficient (Wildman–Crippen LogP) is -0.517. The molecule has 0 aliphatic heterocycles. The minimum atomic E-state index is -0.649. The van der Waals surface area contributed by atoms with E-state index in [-0.39, 0.29) is 24.4 Å². The van der Waals surface area contributed by atoms with Crippen molar-refractivity contribution >= 4 is 6.29 Å². The van der Waals surface area contributed by atoms with Gasteiger partial charge in [0.15, 0.2) is 0 Å². The van der Waals surface area contributed by atoms with Crippen molar-refractivity contribution < 1.29 is 48.5 Å². The summed E-state index contributed by atoms with van der Waals surface area (Å²) in [5.41, 5.74) is 11.9. The molecule has 0 radical (unpaired) electrons. The van der Waals surface area contributed by atoms with Gasteiger partial charge in [0.25, 0.3) is 0 Å². The fourth-order valence-corrected chi connectivity index (χ4v) is 2.52. The fraction of sp³-hybridized carbons (Fsp3) is 0.893. The average molecular weight is 615 g/mol. The molecule has 0 aliphatic carbocycles. The third-order valence-electron chi connectivity index (χ3n) is 5.01. The second-order valence-corrected chi connectivity index (χ2v) is 10.6. The van der Waals surface area contributed by atoms with Gasteiger partial charge in [0.1, 0.15) is 18.6 Å². The molecular weight excluding hydrogens is 552 g/mol. The van der Waals surface area contributed by atoms with Crippen LogP contribution < -0.4 is 22.1 Å². The molecule has 0 bridgehead atoms. The number of aliphatic hydroxyl groups is 3. The molecule has 0 saturated carbocycles. The number of ether oxygens (including phenoxy) is 6. The van der Waals surface area contributed by atoms with E-state index < -0.39 is 18.4 Å². The lowest BCUT2D eigenvalue weighted by atomic mass is 10.0. The van der Waals surface area contributed by atoms with Gasteiger partial charge >= 0.3 is 0 Å². The van der Waals surface area contributed by atoms with Gasteiger partial charge in [0.2, 0.25) is 0 Å². The van der Waals surface area contributed by atoms with Crippen LogP contribution in [0.2, 0.25) is 0 Å². The van der Waals surface area contributed by atoms with E-state index in [2.05, 4.69) is 15.4 Å². The lowest BCUT2D eigenvalue weighted by molar-refractivity contribution is -0.106. The molecule has 0 fully saturated rings. The van der Waals surface area contributed by atoms with Crippen LogP contribution in [-0.4, -0.2) is 138 Å². The number of aliphatic hydroxyl groups excluding tert-OH is 3. The molecule has 0 aromatic carbocycles. The maximum atomic E-state index is 9.23. The van der Waals surface area contributed by atoms with Gasteiger partial charge in [-0.05, 0) is 55.0 Å². The van der Waals surface area contributed by atoms with Crippen LogP contribution in [0.15, 0.2) is 11.9 Å². The lowest BCUT2D eigenvalue weighted by Gasteiger charge is -2.29. The van der Waals surface area contributed by atoms with Crippen LogP contribution in [0.1, 0.15) is 48.0 Å². The first-order valence-corrected chi connectivity index (χ1v) is 14.2. The molecule has 14 nitrogen and oxygen atoms in total. The summed E-state index contributed by atoms with van der Waals surface area (Å²) < 4.78 is 32.0. The van der Waals surface area contributed by atoms with Gasteiger partial charge < -0.3 is 65.3 Å². The summed E-state index contributed by atoms with van der Waals surface area (Å²) in [5.74, 6) is 0. The standard InChI is InChI=1S/C21H46N4O6.C5H12O3.C2H4O/c1-20(2,23)17-31-21(3,4)6-7-25-14-18(22)15-29-12-10-27-8-9-28-11-13-30-16-19(26)24-5;1-4(7)5(3-6)8-2;1-2-3/h14,19,24-26H,6-13,15-17,22-23H2,1-5H3;4-7H,3H2,1-2H3;2H,1H3/b18-14-;;. The largest absolute Gasteiger partial charge is 0.399 e. The van der Waals surface area contributed by atoms with Crippen LogP contribution in [0, 0.1) is 0 Å². The summed E-state index contributed by atoms with van der Waals surface area (Å²) >= 11 is 0. The average Bonchev–Trinajstić information content (AvgIpc) is 2.91. The van der Waals surface area contributed by atoms with Crippen LogP contribution in [0.3, 0.4) is 0 Å². The summed E-state index contributed by atoms with van der Waals surface area (Å²) in [7, 11) is 3.12. The number of likely N-dealkylation sites (N-methyl/N-ethyl adjacent to an activating group) is 1. The van der Waals surface area contributed by atoms with E-state index in [4.69, 9.17) is 50.2 Å². The van der Waals surface area contributed by atoms with Crippen molar-refractivity contribution in [3.05, 3.63) is 11.9 Å². The molecule has 3 atom stereocenters. The quantitative estimate of drug-likeness (QED) is 0.0415. The number of aldehydes is 1. The van der Waals surface area contributed by atoms with Crippen molar-refractivity contribution in [3.8, 4) is 0 Å². The molecule has 42 heavy (non-hydrogen) atoms. The topological polar surface area (TPSA) is 209 Å². The van der Waals surface area contributed by atoms with Crippen molar-refractivity contribution in [2.75, 3.05) is 86.8 Å². The monoisotopic (exact) mass is 614 g/mol. The molecule has 254 valence electrons. The van der Waals surface area contributed by atoms with Crippen molar-refractivity contribution in [2.45, 2.75) is 77.5 Å². The molecule has 14 heteroatoms. The number of carbonyl (C=O) groups is 1. The van der Waals surface area contributed by atoms with Gasteiger partial charge in [-0.25, -0.2) is 0 Å². The zero-order chi connectivity index (χ0) is 32.9. The highest BCUT2D eigenvalue weighted by atomic mass is 16.6. The fourth-order valence-electron chi connectivity index (χ4n) is 2.52. The molecule has 9 N–H and O–H groups in total. The summed E-state index contributed by atoms with van der Waals surface area (Å²) in [6, 6.07) is 0. The number of rotatable bonds is 24. The first kappa shape index (κ1) is 45.0. The van der Waals surface area contributed by atoms with Gasteiger partial charge in [0, 0.05) is 25.4 Å². The number of methoxy groups -OCH3 is 1. The first-order valence-electron chi connectivity index (χ1n) is 14.2. The Morgan fingerprint density at radius 1 is 0.976 bits per heavy atom. The smallest absolute Gasteiger partial charge is 0.128 e. The summed E-state index contributed by atoms with van der Waals surface area (Å²) in [6.45, 7) is 15.5. The molecule has 0 aromatic heterocycles. The van der Waals surface area contributed by atoms with E-state index in [9.17, 15) is 5.11 Å². The zero-order valence-corrected chi connectivity index (χ0v) is 27.2. The van der Waals surface area contributed by atoms with Gasteiger partial charge in [-0.3, -0.25) is 5.32 Å². The molecule has 3 unspecified atom stereocenters. The second-order valence-electron chi connectivity index (χ2n) is 10.6. The molecule has 0 spiro atoms. The lowest BCUT2D eigenvalue weighted by Crippen LogP contribution is -2.42. The van der Waals surface area contributed by atoms with Crippen LogP contribution in [0.4, 0.5) is 0 Å². The van der Waals surface area contributed by atoms with E-state index in [0.29, 0.717) is 58.6 Å². The van der Waals surface area contributed by atoms with E-state index >= 15 is 0 Å². The second kappa shape index (κ2) is 29.6. The van der Waals surface area contributed by atoms with Crippen LogP contribution in [0.25, 0.3) is 0 Å². The summed E-state index contributed by atoms with van der Waals surface area (Å²) in [4.78, 5) is 8.81. The Hall–Kier alpha value is -1.43. The molecular formula is C28H62N4O10. The normalized spacial score (nSPS) is 14.1. The third-order valence-corrected chi connectivity index (χ3v) is 5.01. The van der Waals surface area contributed by atoms with Crippen LogP contribution >= 0.6 is 0 Å². The Morgan fingerprint density at radius 3 is 1.88 bits per heavy atom. The Labute approximate surface area is 253 Å². The Balaban J connectivity index is -0.00000116. The predicted molar refractivity (Wildman–Crippen MR) is 163 cm³/mol. The molecule has 0 aromatic rings. The van der Waals surface area contributed by atoms with Gasteiger partial charge in [-0.2, -0.15) is 0 Å². The van der Waals surface area contributed by atoms with E-state index in [1.807, 2.05) is 27.7 Å². The van der Waals surface area contributed by atoms with Gasteiger partial charge in [-0.1, -0.05) is 0 Å². The molecule has 0 aliphatic rings. The minimum Gasteiger partial charge on any atom is -0.399 e. The number of nitrogens with one attached hydrogen (secondary N) is 2. The number of hydrogen-bond donors (Lipinski definition) is 7. The molecule has 0 heterocycles. The van der Waals surface area contributed by atoms with Crippen molar-refractivity contribution in [3.63, 3.8) is 0 Å². The molecule has 0 saturated heterocycles. The highest BCUT2D eigenvalue weighted by molar-refractivity contribution is 5.44. The van der Waals surface area contributed by atoms with Gasteiger partial charge in [0.05, 0.1) is 83.5 Å². The van der Waals surface area contributed by atoms with E-state index in [0.717, 1.165) is 19.3 Å². The Morgan fingerprint density at radius 2 is 1.48 bits per heavy atom. The highest BCUT2D eigenvalue weighted by Gasteiger charge is 2.21. The van der Waals surface area contributed by atoms with Crippen molar-refractivity contribution in [1.82, 2.24) is 10.6 Å². The van der Waals surface area contributed by atoms with Crippen molar-refractivity contribution in [1.29, 1.82) is 0 Å². The molecule has 0 amide bonds. The maximum absolute atomic E-state index is 9.23. The third kappa shape index (κ3) is 36.6. The number of nitrogens with two attached hydrogens (primary N) is 2. The zero-order valence-electron chi connectivity index (χ0n) is 27.2.